The van der Waals surface area contributed by atoms with Crippen LogP contribution in [-0.2, 0) is 4.79 Å². The van der Waals surface area contributed by atoms with Gasteiger partial charge >= 0.3 is 5.97 Å². The van der Waals surface area contributed by atoms with E-state index in [1.165, 1.54) is 13.8 Å². The Kier molecular flexibility index (Phi) is 6.87. The van der Waals surface area contributed by atoms with E-state index in [2.05, 4.69) is 0 Å². The van der Waals surface area contributed by atoms with Crippen molar-refractivity contribution < 1.29 is 14.8 Å². The summed E-state index contributed by atoms with van der Waals surface area (Å²) in [5.74, 6) is -1.07. The largest absolute Gasteiger partial charge is 0.480 e. The number of hydrogen-bond acceptors (Lipinski definition) is 4. The molecule has 0 aliphatic rings. The molecule has 0 amide bonds. The monoisotopic (exact) mass is 220 g/mol. The normalized spacial score (nSPS) is 12.7. The van der Waals surface area contributed by atoms with Crippen LogP contribution in [0.4, 0.5) is 0 Å². The van der Waals surface area contributed by atoms with Crippen molar-refractivity contribution in [3.8, 4) is 0 Å². The van der Waals surface area contributed by atoms with E-state index in [4.69, 9.17) is 10.8 Å². The van der Waals surface area contributed by atoms with Crippen LogP contribution < -0.4 is 5.73 Å². The predicted octanol–water partition coefficient (Wildman–Crippen LogP) is 1.26. The second-order valence-corrected chi connectivity index (χ2v) is 3.91. The Morgan fingerprint density at radius 3 is 2.40 bits per heavy atom. The van der Waals surface area contributed by atoms with Gasteiger partial charge in [-0.1, -0.05) is 7.43 Å². The average molecular weight is 220 g/mol. The first-order valence-corrected chi connectivity index (χ1v) is 4.40. The fourth-order valence-electron chi connectivity index (χ4n) is 0.969. The molecule has 6 heteroatoms. The average Bonchev–Trinajstić information content (AvgIpc) is 2.03. The van der Waals surface area contributed by atoms with E-state index < -0.39 is 17.6 Å². The summed E-state index contributed by atoms with van der Waals surface area (Å²) in [7, 11) is 0. The molecule has 15 heavy (non-hydrogen) atoms. The molecule has 0 aromatic carbocycles. The summed E-state index contributed by atoms with van der Waals surface area (Å²) >= 11 is 0. The lowest BCUT2D eigenvalue weighted by atomic mass is 9.97. The molecule has 1 atom stereocenters. The fraction of sp³-hybridized carbons (Fsp3) is 0.889. The van der Waals surface area contributed by atoms with E-state index in [1.807, 2.05) is 0 Å². The summed E-state index contributed by atoms with van der Waals surface area (Å²) < 4.78 is 0. The lowest BCUT2D eigenvalue weighted by molar-refractivity contribution is -0.561. The molecule has 0 saturated heterocycles. The van der Waals surface area contributed by atoms with Crippen molar-refractivity contribution >= 4 is 5.97 Å². The highest BCUT2D eigenvalue weighted by Gasteiger charge is 2.30. The van der Waals surface area contributed by atoms with E-state index >= 15 is 0 Å². The second-order valence-electron chi connectivity index (χ2n) is 3.91. The van der Waals surface area contributed by atoms with Crippen LogP contribution in [0, 0.1) is 10.1 Å². The van der Waals surface area contributed by atoms with Gasteiger partial charge in [0, 0.05) is 25.2 Å². The third-order valence-corrected chi connectivity index (χ3v) is 2.12. The molecule has 6 nitrogen and oxygen atoms in total. The minimum Gasteiger partial charge on any atom is -0.480 e. The number of carboxylic acid groups (broad SMARTS) is 1. The highest BCUT2D eigenvalue weighted by Crippen LogP contribution is 2.17. The van der Waals surface area contributed by atoms with Gasteiger partial charge in [0.05, 0.1) is 0 Å². The smallest absolute Gasteiger partial charge is 0.320 e. The molecule has 0 aliphatic heterocycles. The Morgan fingerprint density at radius 2 is 2.07 bits per heavy atom. The molecule has 0 radical (unpaired) electrons. The summed E-state index contributed by atoms with van der Waals surface area (Å²) in [6, 6.07) is -0.919. The molecule has 90 valence electrons. The Labute approximate surface area is 89.6 Å². The minimum atomic E-state index is -1.07. The van der Waals surface area contributed by atoms with Gasteiger partial charge in [-0.15, -0.1) is 0 Å². The maximum absolute atomic E-state index is 10.5. The summed E-state index contributed by atoms with van der Waals surface area (Å²) in [5.41, 5.74) is 4.25. The van der Waals surface area contributed by atoms with Crippen LogP contribution in [-0.4, -0.2) is 27.6 Å². The third-order valence-electron chi connectivity index (χ3n) is 2.12. The summed E-state index contributed by atoms with van der Waals surface area (Å²) in [4.78, 5) is 20.5. The fourth-order valence-corrected chi connectivity index (χ4v) is 0.969. The van der Waals surface area contributed by atoms with Crippen LogP contribution in [0.1, 0.15) is 40.5 Å². The number of carboxylic acids is 1. The molecule has 0 rings (SSSR count). The van der Waals surface area contributed by atoms with E-state index in [0.29, 0.717) is 12.8 Å². The molecule has 0 bridgehead atoms. The van der Waals surface area contributed by atoms with Gasteiger partial charge in [0.1, 0.15) is 6.04 Å². The molecule has 0 aromatic heterocycles. The second kappa shape index (κ2) is 6.34. The molecule has 0 heterocycles. The van der Waals surface area contributed by atoms with E-state index in [0.717, 1.165) is 0 Å². The quantitative estimate of drug-likeness (QED) is 0.517. The summed E-state index contributed by atoms with van der Waals surface area (Å²) in [5, 5.41) is 19.0. The first kappa shape index (κ1) is 16.3. The van der Waals surface area contributed by atoms with Crippen molar-refractivity contribution in [2.45, 2.75) is 52.1 Å². The van der Waals surface area contributed by atoms with Crippen LogP contribution in [0.5, 0.6) is 0 Å². The molecule has 0 saturated carbocycles. The SMILES string of the molecule is C.CC(C)(CCCC(N)C(=O)O)[N+](=O)[O-]. The van der Waals surface area contributed by atoms with Gasteiger partial charge in [-0.05, 0) is 12.8 Å². The first-order valence-electron chi connectivity index (χ1n) is 4.40. The van der Waals surface area contributed by atoms with Crippen molar-refractivity contribution in [2.24, 2.45) is 5.73 Å². The van der Waals surface area contributed by atoms with E-state index in [-0.39, 0.29) is 18.8 Å². The molecular weight excluding hydrogens is 200 g/mol. The van der Waals surface area contributed by atoms with Gasteiger partial charge in [-0.25, -0.2) is 0 Å². The van der Waals surface area contributed by atoms with Crippen molar-refractivity contribution in [3.63, 3.8) is 0 Å². The maximum atomic E-state index is 10.5. The number of rotatable bonds is 6. The van der Waals surface area contributed by atoms with Gasteiger partial charge in [0.15, 0.2) is 0 Å². The zero-order valence-electron chi connectivity index (χ0n) is 8.40. The summed E-state index contributed by atoms with van der Waals surface area (Å²) in [6.07, 6.45) is 1.05. The molecular formula is C9H20N2O4. The van der Waals surface area contributed by atoms with Crippen molar-refractivity contribution in [1.29, 1.82) is 0 Å². The summed E-state index contributed by atoms with van der Waals surface area (Å²) in [6.45, 7) is 3.03. The zero-order chi connectivity index (χ0) is 11.4. The van der Waals surface area contributed by atoms with Gasteiger partial charge in [0.25, 0.3) is 0 Å². The Balaban J connectivity index is 0. The number of aliphatic carboxylic acids is 1. The number of nitro groups is 1. The van der Waals surface area contributed by atoms with Crippen molar-refractivity contribution in [1.82, 2.24) is 0 Å². The maximum Gasteiger partial charge on any atom is 0.320 e. The lowest BCUT2D eigenvalue weighted by Crippen LogP contribution is -2.33. The van der Waals surface area contributed by atoms with Crippen LogP contribution >= 0.6 is 0 Å². The first-order chi connectivity index (χ1) is 6.27. The molecule has 0 aromatic rings. The Morgan fingerprint density at radius 1 is 1.60 bits per heavy atom. The Hall–Kier alpha value is -1.17. The van der Waals surface area contributed by atoms with Crippen molar-refractivity contribution in [2.75, 3.05) is 0 Å². The molecule has 3 N–H and O–H groups in total. The topological polar surface area (TPSA) is 106 Å². The number of nitrogens with two attached hydrogens (primary N) is 1. The van der Waals surface area contributed by atoms with Crippen molar-refractivity contribution in [3.05, 3.63) is 10.1 Å². The van der Waals surface area contributed by atoms with Gasteiger partial charge in [0.2, 0.25) is 5.54 Å². The number of carbonyl (C=O) groups is 1. The van der Waals surface area contributed by atoms with Crippen LogP contribution in [0.3, 0.4) is 0 Å². The zero-order valence-corrected chi connectivity index (χ0v) is 8.40. The highest BCUT2D eigenvalue weighted by atomic mass is 16.6. The Bertz CT molecular complexity index is 228. The van der Waals surface area contributed by atoms with Gasteiger partial charge in [-0.3, -0.25) is 14.9 Å². The molecule has 1 unspecified atom stereocenters. The van der Waals surface area contributed by atoms with Gasteiger partial charge < -0.3 is 10.8 Å². The van der Waals surface area contributed by atoms with Crippen LogP contribution in [0.2, 0.25) is 0 Å². The van der Waals surface area contributed by atoms with E-state index in [1.54, 1.807) is 0 Å². The van der Waals surface area contributed by atoms with Gasteiger partial charge in [-0.2, -0.15) is 0 Å². The third kappa shape index (κ3) is 6.01. The van der Waals surface area contributed by atoms with E-state index in [9.17, 15) is 14.9 Å². The minimum absolute atomic E-state index is 0. The van der Waals surface area contributed by atoms with Crippen LogP contribution in [0.15, 0.2) is 0 Å². The van der Waals surface area contributed by atoms with Crippen LogP contribution in [0.25, 0.3) is 0 Å². The predicted molar refractivity (Wildman–Crippen MR) is 57.3 cm³/mol. The number of hydrogen-bond donors (Lipinski definition) is 2. The lowest BCUT2D eigenvalue weighted by Gasteiger charge is -2.15. The molecule has 0 aliphatic carbocycles. The standard InChI is InChI=1S/C8H16N2O4.CH4/c1-8(2,10(13)14)5-3-4-6(9)7(11)12;/h6H,3-5,9H2,1-2H3,(H,11,12);1H4. The number of nitrogens with zero attached hydrogens (tertiary/aromatic N) is 1. The molecule has 0 spiro atoms. The molecule has 0 fully saturated rings. The highest BCUT2D eigenvalue weighted by molar-refractivity contribution is 5.72.